The van der Waals surface area contributed by atoms with Crippen molar-refractivity contribution in [3.63, 3.8) is 0 Å². The molecule has 0 spiro atoms. The van der Waals surface area contributed by atoms with Crippen LogP contribution in [0.2, 0.25) is 10.0 Å². The van der Waals surface area contributed by atoms with Crippen molar-refractivity contribution in [2.45, 2.75) is 32.1 Å². The van der Waals surface area contributed by atoms with Gasteiger partial charge < -0.3 is 10.1 Å². The molecule has 0 aliphatic heterocycles. The zero-order valence-electron chi connectivity index (χ0n) is 12.0. The smallest absolute Gasteiger partial charge is 0.358 e. The normalized spacial score (nSPS) is 14.4. The van der Waals surface area contributed by atoms with Crippen LogP contribution in [0.15, 0.2) is 28.9 Å². The van der Waals surface area contributed by atoms with Crippen LogP contribution in [0.5, 0.6) is 0 Å². The highest BCUT2D eigenvalue weighted by atomic mass is 79.9. The predicted molar refractivity (Wildman–Crippen MR) is 91.6 cm³/mol. The summed E-state index contributed by atoms with van der Waals surface area (Å²) in [5, 5.41) is 16.0. The molecular formula is C14H13BrCl2N4O2. The average molecular weight is 420 g/mol. The van der Waals surface area contributed by atoms with Crippen molar-refractivity contribution in [3.8, 4) is 0 Å². The number of benzene rings is 1. The molecule has 0 N–H and O–H groups in total. The monoisotopic (exact) mass is 418 g/mol. The van der Waals surface area contributed by atoms with Gasteiger partial charge in [0, 0.05) is 12.6 Å². The molecule has 1 aromatic heterocycles. The fraction of sp³-hybridized carbons (Fsp3) is 0.357. The Hall–Kier alpha value is -1.15. The van der Waals surface area contributed by atoms with E-state index in [1.165, 1.54) is 0 Å². The van der Waals surface area contributed by atoms with Gasteiger partial charge in [-0.15, -0.1) is 0 Å². The number of nitro groups is 1. The summed E-state index contributed by atoms with van der Waals surface area (Å²) in [6, 6.07) is 6.03. The molecule has 0 bridgehead atoms. The van der Waals surface area contributed by atoms with Crippen molar-refractivity contribution in [1.82, 2.24) is 14.7 Å². The van der Waals surface area contributed by atoms with Crippen LogP contribution < -0.4 is 0 Å². The van der Waals surface area contributed by atoms with Gasteiger partial charge in [-0.25, -0.2) is 0 Å². The first-order valence-electron chi connectivity index (χ1n) is 6.99. The Bertz CT molecular complexity index is 748. The number of aromatic nitrogens is 2. The molecule has 1 aliphatic carbocycles. The highest BCUT2D eigenvalue weighted by molar-refractivity contribution is 9.10. The minimum atomic E-state index is -0.499. The maximum Gasteiger partial charge on any atom is 0.404 e. The summed E-state index contributed by atoms with van der Waals surface area (Å²) < 4.78 is 1.96. The number of halogens is 3. The van der Waals surface area contributed by atoms with Crippen molar-refractivity contribution in [3.05, 3.63) is 54.6 Å². The number of hydrogen-bond donors (Lipinski definition) is 0. The van der Waals surface area contributed by atoms with Gasteiger partial charge in [-0.1, -0.05) is 29.3 Å². The topological polar surface area (TPSA) is 64.2 Å². The van der Waals surface area contributed by atoms with Gasteiger partial charge in [-0.05, 0) is 51.4 Å². The minimum absolute atomic E-state index is 0.171. The summed E-state index contributed by atoms with van der Waals surface area (Å²) in [7, 11) is 0. The zero-order valence-corrected chi connectivity index (χ0v) is 15.1. The van der Waals surface area contributed by atoms with Crippen LogP contribution in [0.25, 0.3) is 0 Å². The molecule has 1 aromatic carbocycles. The second kappa shape index (κ2) is 6.76. The van der Waals surface area contributed by atoms with Gasteiger partial charge >= 0.3 is 5.82 Å². The van der Waals surface area contributed by atoms with E-state index >= 15 is 0 Å². The van der Waals surface area contributed by atoms with Crippen molar-refractivity contribution < 1.29 is 4.92 Å². The Kier molecular flexibility index (Phi) is 4.91. The van der Waals surface area contributed by atoms with Crippen LogP contribution >= 0.6 is 39.1 Å². The highest BCUT2D eigenvalue weighted by Crippen LogP contribution is 2.31. The van der Waals surface area contributed by atoms with Gasteiger partial charge in [0.25, 0.3) is 0 Å². The first-order valence-corrected chi connectivity index (χ1v) is 8.54. The first-order chi connectivity index (χ1) is 10.9. The summed E-state index contributed by atoms with van der Waals surface area (Å²) in [6.07, 6.45) is 3.86. The third-order valence-corrected chi connectivity index (χ3v) is 4.93. The molecule has 0 radical (unpaired) electrons. The number of nitrogens with zero attached hydrogens (tertiary/aromatic N) is 4. The zero-order chi connectivity index (χ0) is 16.6. The molecule has 3 rings (SSSR count). The van der Waals surface area contributed by atoms with Gasteiger partial charge in [-0.2, -0.15) is 4.68 Å². The molecule has 0 atom stereocenters. The number of hydrogen-bond acceptors (Lipinski definition) is 4. The molecule has 122 valence electrons. The van der Waals surface area contributed by atoms with E-state index in [1.54, 1.807) is 16.9 Å². The predicted octanol–water partition coefficient (Wildman–Crippen LogP) is 4.48. The molecule has 23 heavy (non-hydrogen) atoms. The van der Waals surface area contributed by atoms with E-state index in [0.29, 0.717) is 33.8 Å². The molecule has 1 saturated carbocycles. The van der Waals surface area contributed by atoms with Gasteiger partial charge in [0.05, 0.1) is 21.3 Å². The van der Waals surface area contributed by atoms with Gasteiger partial charge in [0.1, 0.15) is 11.1 Å². The van der Waals surface area contributed by atoms with Gasteiger partial charge in [0.15, 0.2) is 0 Å². The van der Waals surface area contributed by atoms with Crippen molar-refractivity contribution in [2.24, 2.45) is 0 Å². The Morgan fingerprint density at radius 2 is 2.13 bits per heavy atom. The van der Waals surface area contributed by atoms with E-state index in [1.807, 2.05) is 12.1 Å². The third-order valence-electron chi connectivity index (χ3n) is 3.63. The Labute approximate surface area is 151 Å². The van der Waals surface area contributed by atoms with E-state index in [4.69, 9.17) is 23.2 Å². The average Bonchev–Trinajstić information content (AvgIpc) is 3.26. The van der Waals surface area contributed by atoms with E-state index in [-0.39, 0.29) is 5.82 Å². The molecule has 0 unspecified atom stereocenters. The van der Waals surface area contributed by atoms with Crippen molar-refractivity contribution in [1.29, 1.82) is 0 Å². The fourth-order valence-electron chi connectivity index (χ4n) is 2.38. The standard InChI is InChI=1S/C14H13BrCl2N4O2/c15-11-7-20(18-14(11)21(22)23)8-19(10-2-3-10)6-9-1-4-12(16)13(17)5-9/h1,4-5,7,10H,2-3,6,8H2. The van der Waals surface area contributed by atoms with Crippen LogP contribution in [0.1, 0.15) is 18.4 Å². The first kappa shape index (κ1) is 16.7. The molecule has 2 aromatic rings. The summed E-state index contributed by atoms with van der Waals surface area (Å²) >= 11 is 15.2. The molecule has 1 aliphatic rings. The second-order valence-corrected chi connectivity index (χ2v) is 7.13. The van der Waals surface area contributed by atoms with Crippen LogP contribution in [0.4, 0.5) is 5.82 Å². The molecule has 0 saturated heterocycles. The Morgan fingerprint density at radius 3 is 2.70 bits per heavy atom. The summed E-state index contributed by atoms with van der Waals surface area (Å²) in [4.78, 5) is 12.6. The largest absolute Gasteiger partial charge is 0.404 e. The lowest BCUT2D eigenvalue weighted by molar-refractivity contribution is -0.390. The van der Waals surface area contributed by atoms with E-state index in [0.717, 1.165) is 18.4 Å². The molecule has 0 amide bonds. The van der Waals surface area contributed by atoms with Crippen LogP contribution in [0, 0.1) is 10.1 Å². The lowest BCUT2D eigenvalue weighted by Gasteiger charge is -2.20. The van der Waals surface area contributed by atoms with Crippen LogP contribution in [-0.4, -0.2) is 25.6 Å². The summed E-state index contributed by atoms with van der Waals surface area (Å²) in [5.41, 5.74) is 1.05. The number of rotatable bonds is 6. The van der Waals surface area contributed by atoms with E-state index in [9.17, 15) is 10.1 Å². The maximum absolute atomic E-state index is 10.9. The Balaban J connectivity index is 1.75. The van der Waals surface area contributed by atoms with Crippen LogP contribution in [-0.2, 0) is 13.2 Å². The van der Waals surface area contributed by atoms with Crippen molar-refractivity contribution in [2.75, 3.05) is 0 Å². The SMILES string of the molecule is O=[N+]([O-])c1nn(CN(Cc2ccc(Cl)c(Cl)c2)C2CC2)cc1Br. The molecular weight excluding hydrogens is 407 g/mol. The van der Waals surface area contributed by atoms with E-state index in [2.05, 4.69) is 25.9 Å². The lowest BCUT2D eigenvalue weighted by Crippen LogP contribution is -2.28. The second-order valence-electron chi connectivity index (χ2n) is 5.47. The molecule has 1 fully saturated rings. The lowest BCUT2D eigenvalue weighted by atomic mass is 10.2. The quantitative estimate of drug-likeness (QED) is 0.511. The summed E-state index contributed by atoms with van der Waals surface area (Å²) in [6.45, 7) is 1.17. The third kappa shape index (κ3) is 4.03. The minimum Gasteiger partial charge on any atom is -0.358 e. The molecule has 9 heteroatoms. The van der Waals surface area contributed by atoms with Gasteiger partial charge in [0.2, 0.25) is 0 Å². The molecule has 6 nitrogen and oxygen atoms in total. The maximum atomic E-state index is 10.9. The highest BCUT2D eigenvalue weighted by Gasteiger charge is 2.30. The fourth-order valence-corrected chi connectivity index (χ4v) is 3.16. The Morgan fingerprint density at radius 1 is 1.39 bits per heavy atom. The van der Waals surface area contributed by atoms with Crippen LogP contribution in [0.3, 0.4) is 0 Å². The van der Waals surface area contributed by atoms with Gasteiger partial charge in [-0.3, -0.25) is 4.90 Å². The molecule has 1 heterocycles. The van der Waals surface area contributed by atoms with E-state index < -0.39 is 4.92 Å². The summed E-state index contributed by atoms with van der Waals surface area (Å²) in [5.74, 6) is -0.171. The van der Waals surface area contributed by atoms with Crippen molar-refractivity contribution >= 4 is 44.9 Å².